The summed E-state index contributed by atoms with van der Waals surface area (Å²) in [6.07, 6.45) is 0.453. The van der Waals surface area contributed by atoms with Crippen molar-refractivity contribution in [2.45, 2.75) is 30.1 Å². The van der Waals surface area contributed by atoms with Gasteiger partial charge in [0.1, 0.15) is 0 Å². The standard InChI is InChI=1S/C16H20N4O3S3/c1-11-4-3-5-12(8-11)17-14-19-20-15(25-14)24-9-13(21)18-16(2)6-7-26(22,23)10-16/h3-5,8H,6-7,9-10H2,1-2H3,(H,17,19)(H,18,21)/t16-/m1/s1. The van der Waals surface area contributed by atoms with Gasteiger partial charge in [-0.1, -0.05) is 35.2 Å². The van der Waals surface area contributed by atoms with Gasteiger partial charge >= 0.3 is 0 Å². The Labute approximate surface area is 160 Å². The van der Waals surface area contributed by atoms with E-state index in [0.29, 0.717) is 15.9 Å². The zero-order valence-electron chi connectivity index (χ0n) is 14.5. The number of aryl methyl sites for hydroxylation is 1. The van der Waals surface area contributed by atoms with Gasteiger partial charge in [-0.05, 0) is 38.0 Å². The van der Waals surface area contributed by atoms with Crippen molar-refractivity contribution in [1.82, 2.24) is 15.5 Å². The molecule has 26 heavy (non-hydrogen) atoms. The molecule has 0 bridgehead atoms. The number of carbonyl (C=O) groups excluding carboxylic acids is 1. The molecule has 1 aromatic carbocycles. The molecule has 0 spiro atoms. The Morgan fingerprint density at radius 3 is 2.88 bits per heavy atom. The number of amides is 1. The zero-order valence-corrected chi connectivity index (χ0v) is 16.9. The Kier molecular flexibility index (Phi) is 5.54. The van der Waals surface area contributed by atoms with E-state index in [9.17, 15) is 13.2 Å². The second-order valence-corrected chi connectivity index (χ2v) is 11.0. The van der Waals surface area contributed by atoms with E-state index in [-0.39, 0.29) is 23.2 Å². The fraction of sp³-hybridized carbons (Fsp3) is 0.438. The summed E-state index contributed by atoms with van der Waals surface area (Å²) in [5, 5.41) is 14.8. The van der Waals surface area contributed by atoms with Crippen molar-refractivity contribution in [3.63, 3.8) is 0 Å². The molecule has 1 aliphatic rings. The summed E-state index contributed by atoms with van der Waals surface area (Å²) in [4.78, 5) is 12.1. The van der Waals surface area contributed by atoms with Crippen LogP contribution in [0.5, 0.6) is 0 Å². The number of carbonyl (C=O) groups is 1. The molecule has 0 saturated carbocycles. The summed E-state index contributed by atoms with van der Waals surface area (Å²) in [5.41, 5.74) is 1.41. The van der Waals surface area contributed by atoms with Crippen LogP contribution in [-0.2, 0) is 14.6 Å². The lowest BCUT2D eigenvalue weighted by Gasteiger charge is -2.23. The Balaban J connectivity index is 1.51. The van der Waals surface area contributed by atoms with Crippen LogP contribution in [0.3, 0.4) is 0 Å². The van der Waals surface area contributed by atoms with Crippen molar-refractivity contribution in [2.75, 3.05) is 22.6 Å². The van der Waals surface area contributed by atoms with Crippen LogP contribution in [0.4, 0.5) is 10.8 Å². The quantitative estimate of drug-likeness (QED) is 0.703. The van der Waals surface area contributed by atoms with Gasteiger partial charge in [-0.25, -0.2) is 8.42 Å². The monoisotopic (exact) mass is 412 g/mol. The molecule has 2 aromatic rings. The normalized spacial score (nSPS) is 21.5. The van der Waals surface area contributed by atoms with Gasteiger partial charge in [-0.3, -0.25) is 4.79 Å². The second-order valence-electron chi connectivity index (χ2n) is 6.61. The molecule has 0 unspecified atom stereocenters. The summed E-state index contributed by atoms with van der Waals surface area (Å²) in [6.45, 7) is 3.79. The average Bonchev–Trinajstić information content (AvgIpc) is 3.09. The first-order chi connectivity index (χ1) is 12.2. The summed E-state index contributed by atoms with van der Waals surface area (Å²) >= 11 is 2.66. The molecule has 1 aliphatic heterocycles. The lowest BCUT2D eigenvalue weighted by atomic mass is 10.0. The van der Waals surface area contributed by atoms with Gasteiger partial charge in [-0.2, -0.15) is 0 Å². The SMILES string of the molecule is Cc1cccc(Nc2nnc(SCC(=O)N[C@]3(C)CCS(=O)(=O)C3)s2)c1. The Hall–Kier alpha value is -1.65. The molecule has 1 fully saturated rings. The molecule has 1 amide bonds. The smallest absolute Gasteiger partial charge is 0.230 e. The molecule has 1 aromatic heterocycles. The summed E-state index contributed by atoms with van der Waals surface area (Å²) in [6, 6.07) is 7.94. The van der Waals surface area contributed by atoms with E-state index in [1.807, 2.05) is 31.2 Å². The minimum atomic E-state index is -3.05. The van der Waals surface area contributed by atoms with Crippen molar-refractivity contribution < 1.29 is 13.2 Å². The fourth-order valence-electron chi connectivity index (χ4n) is 2.77. The van der Waals surface area contributed by atoms with E-state index in [0.717, 1.165) is 11.3 Å². The molecule has 140 valence electrons. The fourth-order valence-corrected chi connectivity index (χ4v) is 6.44. The minimum Gasteiger partial charge on any atom is -0.349 e. The maximum absolute atomic E-state index is 12.1. The van der Waals surface area contributed by atoms with Crippen LogP contribution in [-0.4, -0.2) is 47.3 Å². The third-order valence-electron chi connectivity index (χ3n) is 3.95. The highest BCUT2D eigenvalue weighted by atomic mass is 32.2. The van der Waals surface area contributed by atoms with Crippen molar-refractivity contribution in [3.8, 4) is 0 Å². The van der Waals surface area contributed by atoms with E-state index in [1.165, 1.54) is 23.1 Å². The molecule has 1 saturated heterocycles. The highest BCUT2D eigenvalue weighted by molar-refractivity contribution is 8.01. The Bertz CT molecular complexity index is 913. The van der Waals surface area contributed by atoms with E-state index in [4.69, 9.17) is 0 Å². The predicted molar refractivity (Wildman–Crippen MR) is 105 cm³/mol. The number of nitrogens with zero attached hydrogens (tertiary/aromatic N) is 2. The van der Waals surface area contributed by atoms with Crippen LogP contribution >= 0.6 is 23.1 Å². The molecule has 10 heteroatoms. The van der Waals surface area contributed by atoms with Gasteiger partial charge < -0.3 is 10.6 Å². The first-order valence-corrected chi connectivity index (χ1v) is 11.7. The summed E-state index contributed by atoms with van der Waals surface area (Å²) < 4.78 is 23.9. The maximum atomic E-state index is 12.1. The molecule has 2 heterocycles. The van der Waals surface area contributed by atoms with Crippen molar-refractivity contribution in [1.29, 1.82) is 0 Å². The van der Waals surface area contributed by atoms with Gasteiger partial charge in [0.2, 0.25) is 11.0 Å². The molecule has 3 rings (SSSR count). The highest BCUT2D eigenvalue weighted by Gasteiger charge is 2.39. The first kappa shape index (κ1) is 19.1. The molecular weight excluding hydrogens is 392 g/mol. The van der Waals surface area contributed by atoms with Crippen molar-refractivity contribution in [2.24, 2.45) is 0 Å². The number of sulfone groups is 1. The topological polar surface area (TPSA) is 101 Å². The third-order valence-corrected chi connectivity index (χ3v) is 7.82. The number of anilines is 2. The Morgan fingerprint density at radius 1 is 1.38 bits per heavy atom. The van der Waals surface area contributed by atoms with Crippen LogP contribution in [0.15, 0.2) is 28.6 Å². The third kappa shape index (κ3) is 5.18. The van der Waals surface area contributed by atoms with Gasteiger partial charge in [0.05, 0.1) is 22.8 Å². The zero-order chi connectivity index (χ0) is 18.8. The van der Waals surface area contributed by atoms with Gasteiger partial charge in [0, 0.05) is 5.69 Å². The number of benzene rings is 1. The van der Waals surface area contributed by atoms with E-state index in [1.54, 1.807) is 6.92 Å². The van der Waals surface area contributed by atoms with Crippen molar-refractivity contribution in [3.05, 3.63) is 29.8 Å². The molecule has 7 nitrogen and oxygen atoms in total. The maximum Gasteiger partial charge on any atom is 0.230 e. The number of nitrogens with one attached hydrogen (secondary N) is 2. The molecule has 0 aliphatic carbocycles. The number of hydrogen-bond donors (Lipinski definition) is 2. The van der Waals surface area contributed by atoms with Gasteiger partial charge in [0.25, 0.3) is 0 Å². The highest BCUT2D eigenvalue weighted by Crippen LogP contribution is 2.28. The molecule has 2 N–H and O–H groups in total. The van der Waals surface area contributed by atoms with Crippen LogP contribution in [0.25, 0.3) is 0 Å². The van der Waals surface area contributed by atoms with E-state index in [2.05, 4.69) is 20.8 Å². The minimum absolute atomic E-state index is 0.000223. The predicted octanol–water partition coefficient (Wildman–Crippen LogP) is 2.38. The number of thioether (sulfide) groups is 1. The lowest BCUT2D eigenvalue weighted by molar-refractivity contribution is -0.120. The molecule has 1 atom stereocenters. The number of aromatic nitrogens is 2. The van der Waals surface area contributed by atoms with Gasteiger partial charge in [-0.15, -0.1) is 10.2 Å². The van der Waals surface area contributed by atoms with Crippen LogP contribution < -0.4 is 10.6 Å². The van der Waals surface area contributed by atoms with Crippen LogP contribution in [0.1, 0.15) is 18.9 Å². The molecule has 0 radical (unpaired) electrons. The van der Waals surface area contributed by atoms with E-state index >= 15 is 0 Å². The van der Waals surface area contributed by atoms with E-state index < -0.39 is 15.4 Å². The largest absolute Gasteiger partial charge is 0.349 e. The van der Waals surface area contributed by atoms with Crippen LogP contribution in [0.2, 0.25) is 0 Å². The number of rotatable bonds is 6. The van der Waals surface area contributed by atoms with Crippen molar-refractivity contribution >= 4 is 49.7 Å². The number of hydrogen-bond acceptors (Lipinski definition) is 8. The lowest BCUT2D eigenvalue weighted by Crippen LogP contribution is -2.47. The van der Waals surface area contributed by atoms with Crippen LogP contribution in [0, 0.1) is 6.92 Å². The second kappa shape index (κ2) is 7.53. The Morgan fingerprint density at radius 2 is 2.19 bits per heavy atom. The first-order valence-electron chi connectivity index (χ1n) is 8.05. The van der Waals surface area contributed by atoms with Gasteiger partial charge in [0.15, 0.2) is 14.2 Å². The molecular formula is C16H20N4O3S3. The summed E-state index contributed by atoms with van der Waals surface area (Å²) in [7, 11) is -3.05. The summed E-state index contributed by atoms with van der Waals surface area (Å²) in [5.74, 6) is 0.105. The average molecular weight is 413 g/mol.